The number of esters is 1. The van der Waals surface area contributed by atoms with Gasteiger partial charge < -0.3 is 19.2 Å². The molecule has 0 saturated carbocycles. The highest BCUT2D eigenvalue weighted by Gasteiger charge is 2.20. The molecule has 1 amide bonds. The Kier molecular flexibility index (Phi) is 8.11. The first-order chi connectivity index (χ1) is 19.5. The summed E-state index contributed by atoms with van der Waals surface area (Å²) in [6, 6.07) is 27.3. The van der Waals surface area contributed by atoms with Crippen LogP contribution < -0.4 is 19.6 Å². The Balaban J connectivity index is 1.33. The molecule has 1 aromatic heterocycles. The molecular formula is C31H24IN3O5. The van der Waals surface area contributed by atoms with Gasteiger partial charge in [-0.05, 0) is 82.2 Å². The quantitative estimate of drug-likeness (QED) is 0.0665. The summed E-state index contributed by atoms with van der Waals surface area (Å²) in [5, 5.41) is 5.11. The number of hydrazone groups is 1. The molecule has 40 heavy (non-hydrogen) atoms. The second-order valence-corrected chi connectivity index (χ2v) is 9.79. The lowest BCUT2D eigenvalue weighted by atomic mass is 10.0. The fraction of sp³-hybridized carbons (Fsp3) is 0.0645. The van der Waals surface area contributed by atoms with Gasteiger partial charge in [-0.3, -0.25) is 4.79 Å². The molecule has 0 atom stereocenters. The van der Waals surface area contributed by atoms with E-state index in [4.69, 9.17) is 14.2 Å². The molecule has 0 saturated heterocycles. The second kappa shape index (κ2) is 12.0. The molecule has 0 aliphatic rings. The van der Waals surface area contributed by atoms with Gasteiger partial charge in [0.05, 0.1) is 31.5 Å². The molecule has 0 bridgehead atoms. The average molecular weight is 645 g/mol. The van der Waals surface area contributed by atoms with Crippen molar-refractivity contribution in [3.05, 3.63) is 111 Å². The minimum Gasteiger partial charge on any atom is -0.497 e. The van der Waals surface area contributed by atoms with Gasteiger partial charge in [-0.15, -0.1) is 0 Å². The molecular weight excluding hydrogens is 621 g/mol. The zero-order valence-corrected chi connectivity index (χ0v) is 23.8. The number of rotatable bonds is 8. The molecule has 0 aliphatic heterocycles. The topological polar surface area (TPSA) is 102 Å². The van der Waals surface area contributed by atoms with E-state index in [-0.39, 0.29) is 11.7 Å². The maximum absolute atomic E-state index is 13.2. The van der Waals surface area contributed by atoms with Crippen molar-refractivity contribution in [2.75, 3.05) is 14.2 Å². The van der Waals surface area contributed by atoms with Gasteiger partial charge in [0.2, 0.25) is 0 Å². The van der Waals surface area contributed by atoms with Gasteiger partial charge in [0.1, 0.15) is 11.4 Å². The SMILES string of the molecule is COc1ccc(C(=O)Oc2ccc(C=NNC(=O)c3[nH]c4c(I)cccc4c3-c3ccccc3)cc2OC)cc1. The number of H-pyrrole nitrogens is 1. The number of fused-ring (bicyclic) bond motifs is 1. The molecule has 0 radical (unpaired) electrons. The monoisotopic (exact) mass is 645 g/mol. The Bertz CT molecular complexity index is 1710. The fourth-order valence-corrected chi connectivity index (χ4v) is 4.85. The number of methoxy groups -OCH3 is 2. The van der Waals surface area contributed by atoms with Crippen molar-refractivity contribution in [1.82, 2.24) is 10.4 Å². The Hall–Kier alpha value is -4.64. The molecule has 5 aromatic rings. The molecule has 4 aromatic carbocycles. The summed E-state index contributed by atoms with van der Waals surface area (Å²) in [5.41, 5.74) is 6.67. The number of para-hydroxylation sites is 1. The Morgan fingerprint density at radius 3 is 2.38 bits per heavy atom. The van der Waals surface area contributed by atoms with Crippen LogP contribution in [0, 0.1) is 3.57 Å². The van der Waals surface area contributed by atoms with E-state index in [1.807, 2.05) is 48.5 Å². The van der Waals surface area contributed by atoms with Crippen LogP contribution in [0.2, 0.25) is 0 Å². The number of aromatic nitrogens is 1. The van der Waals surface area contributed by atoms with Crippen LogP contribution in [-0.4, -0.2) is 37.3 Å². The number of carbonyl (C=O) groups excluding carboxylic acids is 2. The molecule has 0 fully saturated rings. The molecule has 200 valence electrons. The zero-order valence-electron chi connectivity index (χ0n) is 21.6. The summed E-state index contributed by atoms with van der Waals surface area (Å²) in [5.74, 6) is 0.329. The average Bonchev–Trinajstić information content (AvgIpc) is 3.39. The zero-order chi connectivity index (χ0) is 28.1. The van der Waals surface area contributed by atoms with E-state index in [0.29, 0.717) is 28.3 Å². The van der Waals surface area contributed by atoms with Crippen LogP contribution in [0.4, 0.5) is 0 Å². The van der Waals surface area contributed by atoms with E-state index in [1.54, 1.807) is 49.6 Å². The van der Waals surface area contributed by atoms with E-state index < -0.39 is 5.97 Å². The molecule has 5 rings (SSSR count). The first kappa shape index (κ1) is 26.9. The molecule has 8 nitrogen and oxygen atoms in total. The number of hydrogen-bond donors (Lipinski definition) is 2. The van der Waals surface area contributed by atoms with E-state index in [1.165, 1.54) is 13.3 Å². The van der Waals surface area contributed by atoms with E-state index >= 15 is 0 Å². The van der Waals surface area contributed by atoms with Crippen molar-refractivity contribution >= 4 is 51.6 Å². The van der Waals surface area contributed by atoms with Crippen LogP contribution in [0.15, 0.2) is 96.1 Å². The van der Waals surface area contributed by atoms with Crippen LogP contribution in [0.5, 0.6) is 17.2 Å². The predicted molar refractivity (Wildman–Crippen MR) is 162 cm³/mol. The highest BCUT2D eigenvalue weighted by atomic mass is 127. The summed E-state index contributed by atoms with van der Waals surface area (Å²) >= 11 is 2.25. The molecule has 2 N–H and O–H groups in total. The number of carbonyl (C=O) groups is 2. The van der Waals surface area contributed by atoms with Crippen molar-refractivity contribution in [3.63, 3.8) is 0 Å². The smallest absolute Gasteiger partial charge is 0.343 e. The first-order valence-corrected chi connectivity index (χ1v) is 13.3. The van der Waals surface area contributed by atoms with Gasteiger partial charge in [-0.1, -0.05) is 42.5 Å². The number of halogens is 1. The Labute approximate surface area is 244 Å². The van der Waals surface area contributed by atoms with Crippen LogP contribution >= 0.6 is 22.6 Å². The minimum absolute atomic E-state index is 0.254. The van der Waals surface area contributed by atoms with Crippen LogP contribution in [0.3, 0.4) is 0 Å². The number of ether oxygens (including phenoxy) is 3. The van der Waals surface area contributed by atoms with Gasteiger partial charge in [0.15, 0.2) is 11.5 Å². The van der Waals surface area contributed by atoms with Gasteiger partial charge in [0.25, 0.3) is 5.91 Å². The second-order valence-electron chi connectivity index (χ2n) is 8.63. The van der Waals surface area contributed by atoms with E-state index in [0.717, 1.165) is 25.6 Å². The normalized spacial score (nSPS) is 11.0. The van der Waals surface area contributed by atoms with Gasteiger partial charge in [-0.25, -0.2) is 10.2 Å². The molecule has 0 spiro atoms. The van der Waals surface area contributed by atoms with Crippen molar-refractivity contribution in [2.24, 2.45) is 5.10 Å². The van der Waals surface area contributed by atoms with Crippen molar-refractivity contribution < 1.29 is 23.8 Å². The molecule has 0 unspecified atom stereocenters. The fourth-order valence-electron chi connectivity index (χ4n) is 4.21. The lowest BCUT2D eigenvalue weighted by molar-refractivity contribution is 0.0729. The number of aromatic amines is 1. The third-order valence-electron chi connectivity index (χ3n) is 6.17. The summed E-state index contributed by atoms with van der Waals surface area (Å²) in [4.78, 5) is 29.1. The lowest BCUT2D eigenvalue weighted by Crippen LogP contribution is -2.18. The summed E-state index contributed by atoms with van der Waals surface area (Å²) in [6.07, 6.45) is 1.49. The number of amides is 1. The van der Waals surface area contributed by atoms with Crippen molar-refractivity contribution in [2.45, 2.75) is 0 Å². The van der Waals surface area contributed by atoms with Gasteiger partial charge >= 0.3 is 5.97 Å². The highest BCUT2D eigenvalue weighted by molar-refractivity contribution is 14.1. The lowest BCUT2D eigenvalue weighted by Gasteiger charge is -2.10. The minimum atomic E-state index is -0.531. The third-order valence-corrected chi connectivity index (χ3v) is 7.07. The standard InChI is InChI=1S/C31H24IN3O5/c1-38-22-14-12-21(13-15-22)31(37)40-25-16-11-19(17-26(25)39-2)18-33-35-30(36)29-27(20-7-4-3-5-8-20)23-9-6-10-24(32)28(23)34-29/h3-18,34H,1-2H3,(H,35,36). The molecule has 9 heteroatoms. The maximum Gasteiger partial charge on any atom is 0.343 e. The van der Waals surface area contributed by atoms with E-state index in [2.05, 4.69) is 38.1 Å². The highest BCUT2D eigenvalue weighted by Crippen LogP contribution is 2.34. The first-order valence-electron chi connectivity index (χ1n) is 12.2. The van der Waals surface area contributed by atoms with Gasteiger partial charge in [-0.2, -0.15) is 5.10 Å². The van der Waals surface area contributed by atoms with Gasteiger partial charge in [0, 0.05) is 14.5 Å². The van der Waals surface area contributed by atoms with Crippen molar-refractivity contribution in [3.8, 4) is 28.4 Å². The summed E-state index contributed by atoms with van der Waals surface area (Å²) < 4.78 is 17.1. The third kappa shape index (κ3) is 5.69. The Morgan fingerprint density at radius 1 is 0.875 bits per heavy atom. The van der Waals surface area contributed by atoms with E-state index in [9.17, 15) is 9.59 Å². The van der Waals surface area contributed by atoms with Crippen LogP contribution in [-0.2, 0) is 0 Å². The van der Waals surface area contributed by atoms with Crippen LogP contribution in [0.25, 0.3) is 22.0 Å². The summed E-state index contributed by atoms with van der Waals surface area (Å²) in [7, 11) is 3.03. The predicted octanol–water partition coefficient (Wildman–Crippen LogP) is 6.44. The number of nitrogens with one attached hydrogen (secondary N) is 2. The summed E-state index contributed by atoms with van der Waals surface area (Å²) in [6.45, 7) is 0. The maximum atomic E-state index is 13.2. The molecule has 0 aliphatic carbocycles. The van der Waals surface area contributed by atoms with Crippen molar-refractivity contribution in [1.29, 1.82) is 0 Å². The molecule has 1 heterocycles. The van der Waals surface area contributed by atoms with Crippen LogP contribution in [0.1, 0.15) is 26.4 Å². The number of hydrogen-bond acceptors (Lipinski definition) is 6. The largest absolute Gasteiger partial charge is 0.497 e. The number of nitrogens with zero attached hydrogens (tertiary/aromatic N) is 1. The Morgan fingerprint density at radius 2 is 1.65 bits per heavy atom. The number of benzene rings is 4.